The zero-order valence-electron chi connectivity index (χ0n) is 10.3. The van der Waals surface area contributed by atoms with Gasteiger partial charge in [-0.25, -0.2) is 0 Å². The van der Waals surface area contributed by atoms with Crippen LogP contribution in [0.2, 0.25) is 0 Å². The van der Waals surface area contributed by atoms with E-state index in [9.17, 15) is 9.59 Å². The SMILES string of the molecule is C=C/C=C(C(C)=O)\C(=C/C)C(C)=O.CC. The lowest BCUT2D eigenvalue weighted by atomic mass is 9.99. The van der Waals surface area contributed by atoms with Gasteiger partial charge < -0.3 is 0 Å². The van der Waals surface area contributed by atoms with Gasteiger partial charge >= 0.3 is 0 Å². The second-order valence-electron chi connectivity index (χ2n) is 2.63. The van der Waals surface area contributed by atoms with Crippen LogP contribution >= 0.6 is 0 Å². The number of carbonyl (C=O) groups is 2. The molecule has 2 nitrogen and oxygen atoms in total. The van der Waals surface area contributed by atoms with Gasteiger partial charge in [0.05, 0.1) is 0 Å². The molecule has 0 atom stereocenters. The minimum Gasteiger partial charge on any atom is -0.294 e. The summed E-state index contributed by atoms with van der Waals surface area (Å²) < 4.78 is 0. The summed E-state index contributed by atoms with van der Waals surface area (Å²) >= 11 is 0. The van der Waals surface area contributed by atoms with E-state index >= 15 is 0 Å². The summed E-state index contributed by atoms with van der Waals surface area (Å²) in [6.07, 6.45) is 4.70. The molecule has 0 saturated carbocycles. The van der Waals surface area contributed by atoms with Crippen molar-refractivity contribution >= 4 is 11.6 Å². The van der Waals surface area contributed by atoms with E-state index in [2.05, 4.69) is 6.58 Å². The molecule has 0 aromatic carbocycles. The number of Topliss-reactive ketones (excluding diaryl/α,β-unsaturated/α-hetero) is 2. The monoisotopic (exact) mass is 208 g/mol. The van der Waals surface area contributed by atoms with Crippen LogP contribution in [-0.4, -0.2) is 11.6 Å². The van der Waals surface area contributed by atoms with Gasteiger partial charge in [-0.15, -0.1) is 0 Å². The van der Waals surface area contributed by atoms with Crippen LogP contribution in [0.5, 0.6) is 0 Å². The van der Waals surface area contributed by atoms with E-state index in [0.29, 0.717) is 11.1 Å². The molecule has 0 radical (unpaired) electrons. The molecular formula is C13H20O2. The van der Waals surface area contributed by atoms with Crippen molar-refractivity contribution in [2.24, 2.45) is 0 Å². The molecule has 0 aliphatic rings. The van der Waals surface area contributed by atoms with Gasteiger partial charge in [-0.05, 0) is 20.8 Å². The Morgan fingerprint density at radius 3 is 1.60 bits per heavy atom. The summed E-state index contributed by atoms with van der Waals surface area (Å²) in [5, 5.41) is 0. The summed E-state index contributed by atoms with van der Waals surface area (Å²) in [5.41, 5.74) is 0.873. The highest BCUT2D eigenvalue weighted by Crippen LogP contribution is 2.12. The molecular weight excluding hydrogens is 188 g/mol. The second kappa shape index (κ2) is 9.13. The molecule has 0 aliphatic heterocycles. The second-order valence-corrected chi connectivity index (χ2v) is 2.63. The Hall–Kier alpha value is -1.44. The fourth-order valence-corrected chi connectivity index (χ4v) is 1.06. The van der Waals surface area contributed by atoms with Crippen molar-refractivity contribution in [3.8, 4) is 0 Å². The Kier molecular flexibility index (Phi) is 9.74. The molecule has 0 saturated heterocycles. The number of carbonyl (C=O) groups excluding carboxylic acids is 2. The van der Waals surface area contributed by atoms with Crippen LogP contribution in [-0.2, 0) is 9.59 Å². The Morgan fingerprint density at radius 2 is 1.40 bits per heavy atom. The zero-order valence-corrected chi connectivity index (χ0v) is 10.3. The third-order valence-electron chi connectivity index (χ3n) is 1.62. The van der Waals surface area contributed by atoms with Gasteiger partial charge in [0.25, 0.3) is 0 Å². The molecule has 0 unspecified atom stereocenters. The molecule has 0 aliphatic carbocycles. The number of hydrogen-bond acceptors (Lipinski definition) is 2. The van der Waals surface area contributed by atoms with Gasteiger partial charge in [-0.3, -0.25) is 9.59 Å². The highest BCUT2D eigenvalue weighted by Gasteiger charge is 2.12. The average Bonchev–Trinajstić information content (AvgIpc) is 2.20. The first-order valence-electron chi connectivity index (χ1n) is 5.05. The fourth-order valence-electron chi connectivity index (χ4n) is 1.06. The first-order valence-corrected chi connectivity index (χ1v) is 5.05. The van der Waals surface area contributed by atoms with Crippen LogP contribution in [0.3, 0.4) is 0 Å². The summed E-state index contributed by atoms with van der Waals surface area (Å²) in [7, 11) is 0. The maximum absolute atomic E-state index is 11.1. The molecule has 84 valence electrons. The van der Waals surface area contributed by atoms with Crippen molar-refractivity contribution < 1.29 is 9.59 Å². The van der Waals surface area contributed by atoms with Gasteiger partial charge in [0.15, 0.2) is 11.6 Å². The van der Waals surface area contributed by atoms with Crippen LogP contribution < -0.4 is 0 Å². The van der Waals surface area contributed by atoms with E-state index in [1.54, 1.807) is 19.1 Å². The molecule has 0 N–H and O–H groups in total. The molecule has 0 amide bonds. The number of rotatable bonds is 4. The fraction of sp³-hybridized carbons (Fsp3) is 0.385. The van der Waals surface area contributed by atoms with Crippen molar-refractivity contribution in [3.05, 3.63) is 36.0 Å². The summed E-state index contributed by atoms with van der Waals surface area (Å²) in [6, 6.07) is 0. The van der Waals surface area contributed by atoms with E-state index in [1.807, 2.05) is 13.8 Å². The van der Waals surface area contributed by atoms with Crippen LogP contribution in [0.4, 0.5) is 0 Å². The minimum atomic E-state index is -0.122. The summed E-state index contributed by atoms with van der Waals surface area (Å²) in [5.74, 6) is -0.228. The molecule has 0 rings (SSSR count). The van der Waals surface area contributed by atoms with Crippen LogP contribution in [0.25, 0.3) is 0 Å². The van der Waals surface area contributed by atoms with Gasteiger partial charge in [0.2, 0.25) is 0 Å². The van der Waals surface area contributed by atoms with Crippen LogP contribution in [0, 0.1) is 0 Å². The normalized spacial score (nSPS) is 11.3. The van der Waals surface area contributed by atoms with E-state index < -0.39 is 0 Å². The van der Waals surface area contributed by atoms with Gasteiger partial charge in [0.1, 0.15) is 0 Å². The Bertz CT molecular complexity index is 294. The lowest BCUT2D eigenvalue weighted by Gasteiger charge is -2.03. The quantitative estimate of drug-likeness (QED) is 0.525. The molecule has 0 aromatic rings. The van der Waals surface area contributed by atoms with Crippen molar-refractivity contribution in [1.29, 1.82) is 0 Å². The highest BCUT2D eigenvalue weighted by atomic mass is 16.1. The molecule has 0 heterocycles. The smallest absolute Gasteiger partial charge is 0.160 e. The predicted molar refractivity (Wildman–Crippen MR) is 64.7 cm³/mol. The van der Waals surface area contributed by atoms with Crippen LogP contribution in [0.15, 0.2) is 36.0 Å². The lowest BCUT2D eigenvalue weighted by Crippen LogP contribution is -2.06. The molecule has 0 aromatic heterocycles. The van der Waals surface area contributed by atoms with Gasteiger partial charge in [-0.2, -0.15) is 0 Å². The first-order chi connectivity index (χ1) is 7.04. The average molecular weight is 208 g/mol. The van der Waals surface area contributed by atoms with E-state index in [4.69, 9.17) is 0 Å². The standard InChI is InChI=1S/C11H14O2.C2H6/c1-5-7-11(9(4)13)10(6-2)8(3)12;1-2/h5-7H,1H2,2-4H3;1-2H3/b10-6-,11-7-;. The predicted octanol–water partition coefficient (Wildman–Crippen LogP) is 3.25. The molecule has 0 bridgehead atoms. The Morgan fingerprint density at radius 1 is 1.00 bits per heavy atom. The van der Waals surface area contributed by atoms with E-state index in [-0.39, 0.29) is 11.6 Å². The molecule has 15 heavy (non-hydrogen) atoms. The highest BCUT2D eigenvalue weighted by molar-refractivity contribution is 6.10. The Balaban J connectivity index is 0. The summed E-state index contributed by atoms with van der Waals surface area (Å²) in [6.45, 7) is 12.1. The number of hydrogen-bond donors (Lipinski definition) is 0. The third-order valence-corrected chi connectivity index (χ3v) is 1.62. The largest absolute Gasteiger partial charge is 0.294 e. The Labute approximate surface area is 92.4 Å². The number of allylic oxidation sites excluding steroid dienone is 5. The third kappa shape index (κ3) is 5.78. The van der Waals surface area contributed by atoms with Crippen molar-refractivity contribution in [1.82, 2.24) is 0 Å². The molecule has 0 spiro atoms. The van der Waals surface area contributed by atoms with Crippen LogP contribution in [0.1, 0.15) is 34.6 Å². The van der Waals surface area contributed by atoms with E-state index in [1.165, 1.54) is 19.9 Å². The molecule has 2 heteroatoms. The van der Waals surface area contributed by atoms with Gasteiger partial charge in [-0.1, -0.05) is 38.7 Å². The zero-order chi connectivity index (χ0) is 12.4. The minimum absolute atomic E-state index is 0.106. The first kappa shape index (κ1) is 16.0. The maximum atomic E-state index is 11.1. The maximum Gasteiger partial charge on any atom is 0.160 e. The van der Waals surface area contributed by atoms with Crippen molar-refractivity contribution in [3.63, 3.8) is 0 Å². The van der Waals surface area contributed by atoms with Crippen molar-refractivity contribution in [2.75, 3.05) is 0 Å². The lowest BCUT2D eigenvalue weighted by molar-refractivity contribution is -0.116. The summed E-state index contributed by atoms with van der Waals surface area (Å²) in [4.78, 5) is 22.2. The molecule has 0 fully saturated rings. The topological polar surface area (TPSA) is 34.1 Å². The van der Waals surface area contributed by atoms with Crippen molar-refractivity contribution in [2.45, 2.75) is 34.6 Å². The van der Waals surface area contributed by atoms with Gasteiger partial charge in [0, 0.05) is 11.1 Å². The number of ketones is 2. The van der Waals surface area contributed by atoms with E-state index in [0.717, 1.165) is 0 Å².